The highest BCUT2D eigenvalue weighted by Crippen LogP contribution is 2.33. The van der Waals surface area contributed by atoms with Gasteiger partial charge in [-0.1, -0.05) is 53.5 Å². The number of aliphatic hydroxyl groups excluding tert-OH is 1. The molecule has 174 valence electrons. The number of rotatable bonds is 6. The van der Waals surface area contributed by atoms with Crippen molar-refractivity contribution in [3.05, 3.63) is 70.3 Å². The Morgan fingerprint density at radius 2 is 1.91 bits per heavy atom. The normalized spacial score (nSPS) is 16.3. The number of hydrogen-bond donors (Lipinski definition) is 2. The zero-order valence-electron chi connectivity index (χ0n) is 18.3. The first-order valence-corrected chi connectivity index (χ1v) is 11.7. The average molecular weight is 496 g/mol. The number of tetrazole rings is 1. The summed E-state index contributed by atoms with van der Waals surface area (Å²) >= 11 is 12.6. The molecule has 0 spiro atoms. The first-order chi connectivity index (χ1) is 16.5. The van der Waals surface area contributed by atoms with Gasteiger partial charge >= 0.3 is 0 Å². The van der Waals surface area contributed by atoms with E-state index in [1.54, 1.807) is 24.4 Å². The molecule has 2 aromatic heterocycles. The largest absolute Gasteiger partial charge is 0.395 e. The van der Waals surface area contributed by atoms with Crippen molar-refractivity contribution >= 4 is 29.0 Å². The van der Waals surface area contributed by atoms with Gasteiger partial charge in [0, 0.05) is 24.3 Å². The van der Waals surface area contributed by atoms with Gasteiger partial charge in [0.05, 0.1) is 27.9 Å². The topological polar surface area (TPSA) is 106 Å². The minimum absolute atomic E-state index is 0.206. The Labute approximate surface area is 206 Å². The van der Waals surface area contributed by atoms with Crippen LogP contribution in [0.15, 0.2) is 54.7 Å². The quantitative estimate of drug-likeness (QED) is 0.411. The molecule has 0 aliphatic carbocycles. The van der Waals surface area contributed by atoms with E-state index in [1.165, 1.54) is 10.2 Å². The van der Waals surface area contributed by atoms with Crippen LogP contribution in [0.25, 0.3) is 28.2 Å². The lowest BCUT2D eigenvalue weighted by molar-refractivity contribution is 0.153. The molecule has 1 fully saturated rings. The van der Waals surface area contributed by atoms with Crippen molar-refractivity contribution < 1.29 is 5.11 Å². The monoisotopic (exact) mass is 495 g/mol. The number of anilines is 1. The van der Waals surface area contributed by atoms with Crippen LogP contribution in [0.3, 0.4) is 0 Å². The molecular weight excluding hydrogens is 473 g/mol. The zero-order chi connectivity index (χ0) is 23.7. The van der Waals surface area contributed by atoms with Gasteiger partial charge in [0.1, 0.15) is 5.82 Å². The SMILES string of the molecule is Nc1ncc(-c2ccc(CN3CCCC3CO)cc2)cc1-c1nnnn1-c1cccc(Cl)c1Cl. The summed E-state index contributed by atoms with van der Waals surface area (Å²) in [5.74, 6) is 0.718. The average Bonchev–Trinajstić information content (AvgIpc) is 3.51. The third-order valence-corrected chi connectivity index (χ3v) is 6.98. The van der Waals surface area contributed by atoms with E-state index in [0.29, 0.717) is 32.9 Å². The first kappa shape index (κ1) is 22.7. The number of hydrogen-bond acceptors (Lipinski definition) is 7. The molecule has 2 aromatic carbocycles. The summed E-state index contributed by atoms with van der Waals surface area (Å²) in [6.07, 6.45) is 3.91. The number of halogens is 2. The molecule has 0 amide bonds. The number of pyridine rings is 1. The molecule has 1 aliphatic rings. The molecule has 1 atom stereocenters. The van der Waals surface area contributed by atoms with Crippen LogP contribution >= 0.6 is 23.2 Å². The maximum absolute atomic E-state index is 9.57. The Kier molecular flexibility index (Phi) is 6.47. The number of nitrogens with zero attached hydrogens (tertiary/aromatic N) is 6. The van der Waals surface area contributed by atoms with Crippen molar-refractivity contribution in [2.45, 2.75) is 25.4 Å². The van der Waals surface area contributed by atoms with E-state index >= 15 is 0 Å². The molecule has 4 aromatic rings. The molecular formula is C24H23Cl2N7O. The van der Waals surface area contributed by atoms with Crippen molar-refractivity contribution in [1.29, 1.82) is 0 Å². The Hall–Kier alpha value is -3.04. The van der Waals surface area contributed by atoms with E-state index in [2.05, 4.69) is 49.7 Å². The lowest BCUT2D eigenvalue weighted by atomic mass is 10.0. The standard InChI is InChI=1S/C24H23Cl2N7O/c25-20-4-1-5-21(22(20)26)33-24(29-30-31-33)19-11-17(12-28-23(19)27)16-8-6-15(7-9-16)13-32-10-2-3-18(32)14-34/h1,4-9,11-12,18,34H,2-3,10,13-14H2,(H2,27,28). The van der Waals surface area contributed by atoms with Crippen LogP contribution in [0, 0.1) is 0 Å². The lowest BCUT2D eigenvalue weighted by Gasteiger charge is -2.22. The van der Waals surface area contributed by atoms with Crippen LogP contribution in [-0.2, 0) is 6.54 Å². The number of aromatic nitrogens is 5. The fraction of sp³-hybridized carbons (Fsp3) is 0.250. The van der Waals surface area contributed by atoms with Gasteiger partial charge in [0.2, 0.25) is 0 Å². The van der Waals surface area contributed by atoms with Gasteiger partial charge in [0.25, 0.3) is 0 Å². The van der Waals surface area contributed by atoms with Gasteiger partial charge in [-0.25, -0.2) is 4.98 Å². The van der Waals surface area contributed by atoms with Crippen LogP contribution in [0.2, 0.25) is 10.0 Å². The van der Waals surface area contributed by atoms with Gasteiger partial charge in [-0.3, -0.25) is 4.90 Å². The maximum Gasteiger partial charge on any atom is 0.190 e. The van der Waals surface area contributed by atoms with Gasteiger partial charge in [-0.05, 0) is 59.1 Å². The Bertz CT molecular complexity index is 1310. The number of nitrogen functional groups attached to an aromatic ring is 1. The molecule has 0 bridgehead atoms. The van der Waals surface area contributed by atoms with Crippen molar-refractivity contribution in [2.75, 3.05) is 18.9 Å². The Morgan fingerprint density at radius 3 is 2.71 bits per heavy atom. The van der Waals surface area contributed by atoms with Crippen molar-refractivity contribution in [1.82, 2.24) is 30.1 Å². The summed E-state index contributed by atoms with van der Waals surface area (Å²) in [6.45, 7) is 2.05. The zero-order valence-corrected chi connectivity index (χ0v) is 19.8. The molecule has 10 heteroatoms. The molecule has 3 N–H and O–H groups in total. The molecule has 5 rings (SSSR count). The van der Waals surface area contributed by atoms with Gasteiger partial charge in [0.15, 0.2) is 5.82 Å². The van der Waals surface area contributed by atoms with E-state index in [9.17, 15) is 5.11 Å². The Morgan fingerprint density at radius 1 is 1.09 bits per heavy atom. The first-order valence-electron chi connectivity index (χ1n) is 11.0. The molecule has 34 heavy (non-hydrogen) atoms. The summed E-state index contributed by atoms with van der Waals surface area (Å²) in [5, 5.41) is 22.4. The fourth-order valence-electron chi connectivity index (χ4n) is 4.33. The second kappa shape index (κ2) is 9.68. The highest BCUT2D eigenvalue weighted by atomic mass is 35.5. The number of aliphatic hydroxyl groups is 1. The number of likely N-dealkylation sites (tertiary alicyclic amines) is 1. The fourth-order valence-corrected chi connectivity index (χ4v) is 4.71. The smallest absolute Gasteiger partial charge is 0.190 e. The van der Waals surface area contributed by atoms with E-state index < -0.39 is 0 Å². The van der Waals surface area contributed by atoms with E-state index in [0.717, 1.165) is 37.1 Å². The summed E-state index contributed by atoms with van der Waals surface area (Å²) < 4.78 is 1.50. The third kappa shape index (κ3) is 4.37. The predicted molar refractivity (Wildman–Crippen MR) is 133 cm³/mol. The third-order valence-electron chi connectivity index (χ3n) is 6.17. The van der Waals surface area contributed by atoms with Crippen LogP contribution in [0.4, 0.5) is 5.82 Å². The molecule has 0 saturated carbocycles. The molecule has 8 nitrogen and oxygen atoms in total. The van der Waals surface area contributed by atoms with Crippen LogP contribution in [0.1, 0.15) is 18.4 Å². The van der Waals surface area contributed by atoms with E-state index in [4.69, 9.17) is 28.9 Å². The summed E-state index contributed by atoms with van der Waals surface area (Å²) in [5.41, 5.74) is 10.4. The number of benzene rings is 2. The van der Waals surface area contributed by atoms with Gasteiger partial charge in [-0.2, -0.15) is 4.68 Å². The summed E-state index contributed by atoms with van der Waals surface area (Å²) in [7, 11) is 0. The summed E-state index contributed by atoms with van der Waals surface area (Å²) in [4.78, 5) is 6.72. The number of nitrogens with two attached hydrogens (primary N) is 1. The molecule has 1 unspecified atom stereocenters. The van der Waals surface area contributed by atoms with Crippen LogP contribution < -0.4 is 5.73 Å². The molecule has 1 aliphatic heterocycles. The molecule has 1 saturated heterocycles. The molecule has 3 heterocycles. The van der Waals surface area contributed by atoms with Crippen molar-refractivity contribution in [3.63, 3.8) is 0 Å². The van der Waals surface area contributed by atoms with Crippen LogP contribution in [0.5, 0.6) is 0 Å². The van der Waals surface area contributed by atoms with Crippen molar-refractivity contribution in [3.8, 4) is 28.2 Å². The van der Waals surface area contributed by atoms with E-state index in [-0.39, 0.29) is 12.6 Å². The molecule has 0 radical (unpaired) electrons. The highest BCUT2D eigenvalue weighted by molar-refractivity contribution is 6.43. The van der Waals surface area contributed by atoms with Crippen molar-refractivity contribution in [2.24, 2.45) is 0 Å². The predicted octanol–water partition coefficient (Wildman–Crippen LogP) is 4.24. The second-order valence-corrected chi connectivity index (χ2v) is 9.08. The minimum atomic E-state index is 0.206. The Balaban J connectivity index is 1.45. The van der Waals surface area contributed by atoms with E-state index in [1.807, 2.05) is 6.07 Å². The lowest BCUT2D eigenvalue weighted by Crippen LogP contribution is -2.31. The van der Waals surface area contributed by atoms with Crippen LogP contribution in [-0.4, -0.2) is 54.4 Å². The second-order valence-electron chi connectivity index (χ2n) is 8.29. The van der Waals surface area contributed by atoms with Gasteiger partial charge in [-0.15, -0.1) is 5.10 Å². The maximum atomic E-state index is 9.57. The minimum Gasteiger partial charge on any atom is -0.395 e. The highest BCUT2D eigenvalue weighted by Gasteiger charge is 2.23. The van der Waals surface area contributed by atoms with Gasteiger partial charge < -0.3 is 10.8 Å². The summed E-state index contributed by atoms with van der Waals surface area (Å²) in [6, 6.07) is 15.8.